The molecule has 33 heavy (non-hydrogen) atoms. The van der Waals surface area contributed by atoms with Crippen LogP contribution in [-0.2, 0) is 6.42 Å². The Balaban J connectivity index is 1.53. The van der Waals surface area contributed by atoms with Crippen molar-refractivity contribution in [1.82, 2.24) is 4.57 Å². The zero-order valence-corrected chi connectivity index (χ0v) is 20.4. The molecule has 4 aromatic rings. The zero-order valence-electron chi connectivity index (χ0n) is 18.2. The van der Waals surface area contributed by atoms with E-state index in [9.17, 15) is 0 Å². The lowest BCUT2D eigenvalue weighted by molar-refractivity contribution is 0.888. The van der Waals surface area contributed by atoms with Gasteiger partial charge in [0.1, 0.15) is 0 Å². The summed E-state index contributed by atoms with van der Waals surface area (Å²) in [7, 11) is 0. The number of rotatable bonds is 2. The zero-order chi connectivity index (χ0) is 22.4. The first-order valence-corrected chi connectivity index (χ1v) is 12.2. The SMILES string of the molecule is C=C1/C=C\C=C/N(I)c2ccc(-c3ccc4c(c3)c3c(n4-c4ccccc4)CCC=C3)cc21. The Labute approximate surface area is 208 Å². The summed E-state index contributed by atoms with van der Waals surface area (Å²) in [5, 5.41) is 1.31. The average Bonchev–Trinajstić information content (AvgIpc) is 3.19. The van der Waals surface area contributed by atoms with Crippen molar-refractivity contribution in [2.45, 2.75) is 12.8 Å². The molecule has 0 fully saturated rings. The predicted octanol–water partition coefficient (Wildman–Crippen LogP) is 8.51. The topological polar surface area (TPSA) is 8.17 Å². The van der Waals surface area contributed by atoms with Crippen molar-refractivity contribution in [3.8, 4) is 16.8 Å². The van der Waals surface area contributed by atoms with Crippen molar-refractivity contribution >= 4 is 51.1 Å². The van der Waals surface area contributed by atoms with Gasteiger partial charge in [-0.25, -0.2) is 0 Å². The van der Waals surface area contributed by atoms with Crippen molar-refractivity contribution in [1.29, 1.82) is 0 Å². The second kappa shape index (κ2) is 8.23. The minimum atomic E-state index is 1.02. The summed E-state index contributed by atoms with van der Waals surface area (Å²) < 4.78 is 4.56. The minimum absolute atomic E-state index is 1.02. The third kappa shape index (κ3) is 3.47. The summed E-state index contributed by atoms with van der Waals surface area (Å²) in [6.45, 7) is 4.31. The number of benzene rings is 3. The fourth-order valence-electron chi connectivity index (χ4n) is 4.90. The number of para-hydroxylation sites is 1. The van der Waals surface area contributed by atoms with E-state index in [1.807, 2.05) is 12.2 Å². The van der Waals surface area contributed by atoms with E-state index in [1.165, 1.54) is 39.0 Å². The van der Waals surface area contributed by atoms with Gasteiger partial charge in [-0.15, -0.1) is 0 Å². The molecule has 1 aliphatic heterocycles. The van der Waals surface area contributed by atoms with E-state index in [1.54, 1.807) is 0 Å². The highest BCUT2D eigenvalue weighted by atomic mass is 127. The molecule has 3 heteroatoms. The minimum Gasteiger partial charge on any atom is -0.313 e. The number of allylic oxidation sites excluding steroid dienone is 5. The van der Waals surface area contributed by atoms with Gasteiger partial charge in [0.15, 0.2) is 0 Å². The third-order valence-electron chi connectivity index (χ3n) is 6.49. The van der Waals surface area contributed by atoms with Crippen LogP contribution in [0.15, 0.2) is 104 Å². The number of fused-ring (bicyclic) bond motifs is 4. The number of halogens is 1. The second-order valence-corrected chi connectivity index (χ2v) is 9.51. The van der Waals surface area contributed by atoms with E-state index < -0.39 is 0 Å². The van der Waals surface area contributed by atoms with Gasteiger partial charge in [-0.1, -0.05) is 61.2 Å². The number of nitrogens with zero attached hydrogens (tertiary/aromatic N) is 2. The Morgan fingerprint density at radius 1 is 0.848 bits per heavy atom. The summed E-state index contributed by atoms with van der Waals surface area (Å²) in [6.07, 6.45) is 15.0. The Kier molecular flexibility index (Phi) is 5.07. The smallest absolute Gasteiger partial charge is 0.0640 e. The van der Waals surface area contributed by atoms with Gasteiger partial charge < -0.3 is 4.57 Å². The molecule has 0 bridgehead atoms. The molecule has 3 aromatic carbocycles. The third-order valence-corrected chi connectivity index (χ3v) is 7.33. The van der Waals surface area contributed by atoms with Gasteiger partial charge >= 0.3 is 0 Å². The summed E-state index contributed by atoms with van der Waals surface area (Å²) in [4.78, 5) is 0. The van der Waals surface area contributed by atoms with Crippen molar-refractivity contribution in [2.75, 3.05) is 3.11 Å². The molecular formula is C30H23IN2. The van der Waals surface area contributed by atoms with E-state index in [4.69, 9.17) is 0 Å². The maximum Gasteiger partial charge on any atom is 0.0640 e. The van der Waals surface area contributed by atoms with Gasteiger partial charge in [0.2, 0.25) is 0 Å². The van der Waals surface area contributed by atoms with Crippen LogP contribution in [0.2, 0.25) is 0 Å². The lowest BCUT2D eigenvalue weighted by atomic mass is 9.95. The Morgan fingerprint density at radius 3 is 2.55 bits per heavy atom. The molecule has 1 aromatic heterocycles. The first-order valence-electron chi connectivity index (χ1n) is 11.2. The van der Waals surface area contributed by atoms with Crippen molar-refractivity contribution in [2.24, 2.45) is 0 Å². The molecule has 0 saturated heterocycles. The molecular weight excluding hydrogens is 515 g/mol. The number of hydrogen-bond acceptors (Lipinski definition) is 1. The van der Waals surface area contributed by atoms with Crippen LogP contribution in [0.3, 0.4) is 0 Å². The van der Waals surface area contributed by atoms with E-state index in [0.29, 0.717) is 0 Å². The maximum absolute atomic E-state index is 4.31. The van der Waals surface area contributed by atoms with E-state index in [2.05, 4.69) is 128 Å². The van der Waals surface area contributed by atoms with Crippen molar-refractivity contribution < 1.29 is 0 Å². The molecule has 0 unspecified atom stereocenters. The fraction of sp³-hybridized carbons (Fsp3) is 0.0667. The van der Waals surface area contributed by atoms with Crippen molar-refractivity contribution in [3.63, 3.8) is 0 Å². The summed E-state index contributed by atoms with van der Waals surface area (Å²) in [5.41, 5.74) is 11.0. The van der Waals surface area contributed by atoms with Crippen LogP contribution in [-0.4, -0.2) is 4.57 Å². The van der Waals surface area contributed by atoms with E-state index in [-0.39, 0.29) is 0 Å². The predicted molar refractivity (Wildman–Crippen MR) is 150 cm³/mol. The Bertz CT molecular complexity index is 1490. The average molecular weight is 538 g/mol. The summed E-state index contributed by atoms with van der Waals surface area (Å²) in [6, 6.07) is 24.3. The molecule has 0 amide bonds. The Morgan fingerprint density at radius 2 is 1.67 bits per heavy atom. The van der Waals surface area contributed by atoms with Crippen molar-refractivity contribution in [3.05, 3.63) is 121 Å². The van der Waals surface area contributed by atoms with Crippen LogP contribution in [0.1, 0.15) is 23.2 Å². The van der Waals surface area contributed by atoms with Crippen LogP contribution < -0.4 is 3.11 Å². The molecule has 0 radical (unpaired) electrons. The summed E-state index contributed by atoms with van der Waals surface area (Å²) in [5.74, 6) is 0. The van der Waals surface area contributed by atoms with Crippen LogP contribution in [0.5, 0.6) is 0 Å². The fourth-order valence-corrected chi connectivity index (χ4v) is 5.51. The van der Waals surface area contributed by atoms with Gasteiger partial charge in [0.25, 0.3) is 0 Å². The molecule has 0 spiro atoms. The second-order valence-electron chi connectivity index (χ2n) is 8.47. The van der Waals surface area contributed by atoms with E-state index in [0.717, 1.165) is 29.7 Å². The normalized spacial score (nSPS) is 16.8. The standard InChI is InChI=1S/C30H23IN2/c1-21-9-7-8-18-32(31)28-16-14-22(19-26(21)28)23-15-17-30-27(20-23)25-12-5-6-13-29(25)33(30)24-10-3-2-4-11-24/h2-5,7-12,14-20H,1,6,13H2/b9-7-,18-8-. The molecule has 0 N–H and O–H groups in total. The molecule has 6 rings (SSSR count). The monoisotopic (exact) mass is 538 g/mol. The van der Waals surface area contributed by atoms with Gasteiger partial charge in [-0.2, -0.15) is 0 Å². The van der Waals surface area contributed by atoms with Crippen LogP contribution in [0.25, 0.3) is 39.4 Å². The van der Waals surface area contributed by atoms with Crippen LogP contribution in [0, 0.1) is 0 Å². The molecule has 2 nitrogen and oxygen atoms in total. The quantitative estimate of drug-likeness (QED) is 0.184. The molecule has 160 valence electrons. The highest BCUT2D eigenvalue weighted by molar-refractivity contribution is 14.1. The number of hydrogen-bond donors (Lipinski definition) is 0. The molecule has 0 atom stereocenters. The number of anilines is 1. The van der Waals surface area contributed by atoms with Gasteiger partial charge in [-0.05, 0) is 72.0 Å². The molecule has 0 saturated carbocycles. The largest absolute Gasteiger partial charge is 0.313 e. The molecule has 2 aliphatic rings. The van der Waals surface area contributed by atoms with E-state index >= 15 is 0 Å². The van der Waals surface area contributed by atoms with Gasteiger partial charge in [-0.3, -0.25) is 3.11 Å². The first kappa shape index (κ1) is 20.3. The first-order chi connectivity index (χ1) is 16.2. The number of aromatic nitrogens is 1. The lowest BCUT2D eigenvalue weighted by Crippen LogP contribution is -2.03. The summed E-state index contributed by atoms with van der Waals surface area (Å²) >= 11 is 2.33. The lowest BCUT2D eigenvalue weighted by Gasteiger charge is -2.19. The Hall–Kier alpha value is -3.31. The molecule has 2 heterocycles. The van der Waals surface area contributed by atoms with Crippen LogP contribution in [0.4, 0.5) is 5.69 Å². The molecule has 1 aliphatic carbocycles. The highest BCUT2D eigenvalue weighted by Gasteiger charge is 2.19. The maximum atomic E-state index is 4.31. The highest BCUT2D eigenvalue weighted by Crippen LogP contribution is 2.38. The van der Waals surface area contributed by atoms with Crippen LogP contribution >= 0.6 is 22.9 Å². The van der Waals surface area contributed by atoms with Gasteiger partial charge in [0.05, 0.1) is 34.1 Å². The van der Waals surface area contributed by atoms with Gasteiger partial charge in [0, 0.05) is 34.1 Å².